The third kappa shape index (κ3) is 3.36. The molecule has 2 fully saturated rings. The monoisotopic (exact) mass is 370 g/mol. The Labute approximate surface area is 150 Å². The third-order valence-electron chi connectivity index (χ3n) is 5.14. The molecule has 2 aliphatic rings. The number of carboxylic acid groups (broad SMARTS) is 1. The minimum atomic E-state index is -0.976. The van der Waals surface area contributed by atoms with Gasteiger partial charge in [-0.3, -0.25) is 14.5 Å². The number of halogens is 2. The molecule has 0 spiro atoms. The Hall–Kier alpha value is -1.70. The fraction of sp³-hybridized carbons (Fsp3) is 0.529. The quantitative estimate of drug-likeness (QED) is 0.850. The van der Waals surface area contributed by atoms with Gasteiger partial charge in [-0.05, 0) is 17.7 Å². The van der Waals surface area contributed by atoms with Gasteiger partial charge in [-0.25, -0.2) is 4.39 Å². The molecule has 0 saturated carbocycles. The Balaban J connectivity index is 1.73. The molecule has 1 aromatic carbocycles. The lowest BCUT2D eigenvalue weighted by Gasteiger charge is -2.25. The molecule has 1 amide bonds. The van der Waals surface area contributed by atoms with E-state index in [0.29, 0.717) is 31.2 Å². The van der Waals surface area contributed by atoms with E-state index >= 15 is 0 Å². The topological polar surface area (TPSA) is 70.1 Å². The molecule has 2 saturated heterocycles. The van der Waals surface area contributed by atoms with Gasteiger partial charge in [0.25, 0.3) is 0 Å². The standard InChI is InChI=1S/C17H20ClFN2O4/c1-25-8-15(22)21-7-12-6-20(9-17(12,10-21)16(23)24)5-11-2-3-13(19)4-14(11)18/h2-4,12H,5-10H2,1H3,(H,23,24)/t12-,17-/m1/s1. The van der Waals surface area contributed by atoms with E-state index in [-0.39, 0.29) is 25.0 Å². The van der Waals surface area contributed by atoms with E-state index in [0.717, 1.165) is 5.56 Å². The first-order valence-corrected chi connectivity index (χ1v) is 8.40. The highest BCUT2D eigenvalue weighted by Gasteiger charge is 2.58. The number of rotatable bonds is 5. The Morgan fingerprint density at radius 2 is 2.16 bits per heavy atom. The molecule has 0 aliphatic carbocycles. The molecule has 0 unspecified atom stereocenters. The van der Waals surface area contributed by atoms with Crippen molar-refractivity contribution in [3.8, 4) is 0 Å². The van der Waals surface area contributed by atoms with Gasteiger partial charge >= 0.3 is 5.97 Å². The van der Waals surface area contributed by atoms with E-state index in [1.165, 1.54) is 19.2 Å². The highest BCUT2D eigenvalue weighted by molar-refractivity contribution is 6.31. The summed E-state index contributed by atoms with van der Waals surface area (Å²) in [6.45, 7) is 1.88. The zero-order valence-corrected chi connectivity index (χ0v) is 14.6. The molecular weight excluding hydrogens is 351 g/mol. The van der Waals surface area contributed by atoms with E-state index in [4.69, 9.17) is 16.3 Å². The van der Waals surface area contributed by atoms with Crippen LogP contribution in [0.1, 0.15) is 5.56 Å². The number of carboxylic acids is 1. The van der Waals surface area contributed by atoms with E-state index < -0.39 is 17.2 Å². The second-order valence-electron chi connectivity index (χ2n) is 6.77. The smallest absolute Gasteiger partial charge is 0.313 e. The summed E-state index contributed by atoms with van der Waals surface area (Å²) in [5.41, 5.74) is -0.216. The normalized spacial score (nSPS) is 26.0. The maximum atomic E-state index is 13.2. The van der Waals surface area contributed by atoms with Gasteiger partial charge in [0.05, 0.1) is 0 Å². The van der Waals surface area contributed by atoms with Crippen LogP contribution < -0.4 is 0 Å². The van der Waals surface area contributed by atoms with Crippen molar-refractivity contribution in [2.45, 2.75) is 6.54 Å². The van der Waals surface area contributed by atoms with Gasteiger partial charge < -0.3 is 14.7 Å². The van der Waals surface area contributed by atoms with E-state index in [1.54, 1.807) is 11.0 Å². The number of benzene rings is 1. The molecule has 1 aromatic rings. The summed E-state index contributed by atoms with van der Waals surface area (Å²) >= 11 is 6.08. The van der Waals surface area contributed by atoms with Crippen LogP contribution in [0.3, 0.4) is 0 Å². The highest BCUT2D eigenvalue weighted by Crippen LogP contribution is 2.43. The molecule has 136 valence electrons. The Morgan fingerprint density at radius 3 is 2.76 bits per heavy atom. The molecule has 0 radical (unpaired) electrons. The number of methoxy groups -OCH3 is 1. The van der Waals surface area contributed by atoms with Crippen LogP contribution in [-0.2, 0) is 20.9 Å². The van der Waals surface area contributed by atoms with Gasteiger partial charge in [0.15, 0.2) is 0 Å². The van der Waals surface area contributed by atoms with Crippen molar-refractivity contribution in [2.24, 2.45) is 11.3 Å². The van der Waals surface area contributed by atoms with Crippen LogP contribution in [0, 0.1) is 17.2 Å². The third-order valence-corrected chi connectivity index (χ3v) is 5.49. The first-order valence-electron chi connectivity index (χ1n) is 8.02. The number of ether oxygens (including phenoxy) is 1. The van der Waals surface area contributed by atoms with Crippen molar-refractivity contribution in [3.63, 3.8) is 0 Å². The lowest BCUT2D eigenvalue weighted by molar-refractivity contribution is -0.149. The second-order valence-corrected chi connectivity index (χ2v) is 7.18. The van der Waals surface area contributed by atoms with Gasteiger partial charge in [-0.2, -0.15) is 0 Å². The SMILES string of the molecule is COCC(=O)N1C[C@H]2CN(Cc3ccc(F)cc3Cl)C[C@@]2(C(=O)O)C1. The molecule has 2 aliphatic heterocycles. The Morgan fingerprint density at radius 1 is 1.40 bits per heavy atom. The number of carbonyl (C=O) groups is 2. The predicted molar refractivity (Wildman–Crippen MR) is 88.7 cm³/mol. The van der Waals surface area contributed by atoms with Crippen LogP contribution in [-0.4, -0.2) is 66.7 Å². The maximum absolute atomic E-state index is 13.2. The van der Waals surface area contributed by atoms with Crippen LogP contribution in [0.25, 0.3) is 0 Å². The number of hydrogen-bond donors (Lipinski definition) is 1. The van der Waals surface area contributed by atoms with Crippen molar-refractivity contribution in [1.82, 2.24) is 9.80 Å². The van der Waals surface area contributed by atoms with Gasteiger partial charge in [0, 0.05) is 50.8 Å². The van der Waals surface area contributed by atoms with Gasteiger partial charge in [0.1, 0.15) is 17.8 Å². The highest BCUT2D eigenvalue weighted by atomic mass is 35.5. The fourth-order valence-electron chi connectivity index (χ4n) is 3.89. The van der Waals surface area contributed by atoms with Gasteiger partial charge in [-0.1, -0.05) is 17.7 Å². The van der Waals surface area contributed by atoms with Crippen LogP contribution >= 0.6 is 11.6 Å². The van der Waals surface area contributed by atoms with Crippen molar-refractivity contribution >= 4 is 23.5 Å². The molecule has 0 aromatic heterocycles. The fourth-order valence-corrected chi connectivity index (χ4v) is 4.11. The molecule has 25 heavy (non-hydrogen) atoms. The zero-order valence-electron chi connectivity index (χ0n) is 13.9. The van der Waals surface area contributed by atoms with Crippen molar-refractivity contribution in [2.75, 3.05) is 39.9 Å². The van der Waals surface area contributed by atoms with E-state index in [2.05, 4.69) is 0 Å². The van der Waals surface area contributed by atoms with Gasteiger partial charge in [-0.15, -0.1) is 0 Å². The molecule has 6 nitrogen and oxygen atoms in total. The summed E-state index contributed by atoms with van der Waals surface area (Å²) in [6, 6.07) is 4.22. The van der Waals surface area contributed by atoms with Crippen LogP contribution in [0.5, 0.6) is 0 Å². The molecule has 1 N–H and O–H groups in total. The average Bonchev–Trinajstić information content (AvgIpc) is 3.05. The number of aliphatic carboxylic acids is 1. The summed E-state index contributed by atoms with van der Waals surface area (Å²) in [6.07, 6.45) is 0. The molecule has 0 bridgehead atoms. The number of fused-ring (bicyclic) bond motifs is 1. The number of hydrogen-bond acceptors (Lipinski definition) is 4. The maximum Gasteiger partial charge on any atom is 0.313 e. The van der Waals surface area contributed by atoms with Crippen molar-refractivity contribution < 1.29 is 23.8 Å². The van der Waals surface area contributed by atoms with Gasteiger partial charge in [0.2, 0.25) is 5.91 Å². The Bertz CT molecular complexity index is 701. The van der Waals surface area contributed by atoms with Crippen LogP contribution in [0.2, 0.25) is 5.02 Å². The van der Waals surface area contributed by atoms with Crippen LogP contribution in [0.15, 0.2) is 18.2 Å². The minimum absolute atomic E-state index is 0.0443. The number of nitrogens with zero attached hydrogens (tertiary/aromatic N) is 2. The van der Waals surface area contributed by atoms with E-state index in [9.17, 15) is 19.1 Å². The Kier molecular flexibility index (Phi) is 4.99. The predicted octanol–water partition coefficient (Wildman–Crippen LogP) is 1.47. The lowest BCUT2D eigenvalue weighted by Crippen LogP contribution is -2.42. The summed E-state index contributed by atoms with van der Waals surface area (Å²) in [5, 5.41) is 10.1. The van der Waals surface area contributed by atoms with Crippen LogP contribution in [0.4, 0.5) is 4.39 Å². The second kappa shape index (κ2) is 6.90. The first kappa shape index (κ1) is 18.1. The molecule has 8 heteroatoms. The minimum Gasteiger partial charge on any atom is -0.481 e. The zero-order chi connectivity index (χ0) is 18.2. The van der Waals surface area contributed by atoms with Crippen molar-refractivity contribution in [3.05, 3.63) is 34.6 Å². The molecule has 2 atom stereocenters. The van der Waals surface area contributed by atoms with Crippen molar-refractivity contribution in [1.29, 1.82) is 0 Å². The summed E-state index contributed by atoms with van der Waals surface area (Å²) < 4.78 is 18.0. The summed E-state index contributed by atoms with van der Waals surface area (Å²) in [7, 11) is 1.44. The summed E-state index contributed by atoms with van der Waals surface area (Å²) in [5.74, 6) is -1.63. The number of amides is 1. The summed E-state index contributed by atoms with van der Waals surface area (Å²) in [4.78, 5) is 27.6. The number of likely N-dealkylation sites (tertiary alicyclic amines) is 2. The first-order chi connectivity index (χ1) is 11.9. The number of carbonyl (C=O) groups excluding carboxylic acids is 1. The van der Waals surface area contributed by atoms with E-state index in [1.807, 2.05) is 4.90 Å². The molecular formula is C17H20ClFN2O4. The lowest BCUT2D eigenvalue weighted by atomic mass is 9.81. The molecule has 3 rings (SSSR count). The average molecular weight is 371 g/mol. The molecule has 2 heterocycles. The largest absolute Gasteiger partial charge is 0.481 e.